The van der Waals surface area contributed by atoms with Crippen LogP contribution in [0.3, 0.4) is 0 Å². The molecule has 8 heteroatoms. The Kier molecular flexibility index (Phi) is 7.30. The maximum atomic E-state index is 12.3. The zero-order chi connectivity index (χ0) is 18.5. The number of hydrogen-bond acceptors (Lipinski definition) is 6. The molecule has 4 rings (SSSR count). The van der Waals surface area contributed by atoms with Crippen molar-refractivity contribution in [2.24, 2.45) is 0 Å². The van der Waals surface area contributed by atoms with Crippen LogP contribution >= 0.6 is 24.2 Å². The highest BCUT2D eigenvalue weighted by Crippen LogP contribution is 2.35. The first-order chi connectivity index (χ1) is 13.3. The van der Waals surface area contributed by atoms with Gasteiger partial charge in [-0.2, -0.15) is 11.8 Å². The standard InChI is InChI=1S/C20H22N2O4S.ClH/c23-20(9-16-12-27-7-6-21-16)22-15-3-1-2-14(8-15)11-24-17-4-5-18-19(10-17)26-13-25-18;/h1-5,8,10,16,21H,6-7,9,11-13H2,(H,22,23);1H. The fraction of sp³-hybridized carbons (Fsp3) is 0.350. The summed E-state index contributed by atoms with van der Waals surface area (Å²) in [6.45, 7) is 1.62. The van der Waals surface area contributed by atoms with Gasteiger partial charge in [0.2, 0.25) is 12.7 Å². The molecule has 0 spiro atoms. The van der Waals surface area contributed by atoms with Gasteiger partial charge in [-0.1, -0.05) is 12.1 Å². The van der Waals surface area contributed by atoms with Crippen LogP contribution in [0.1, 0.15) is 12.0 Å². The molecule has 1 saturated heterocycles. The van der Waals surface area contributed by atoms with Gasteiger partial charge in [-0.25, -0.2) is 0 Å². The number of thioether (sulfide) groups is 1. The molecule has 2 heterocycles. The zero-order valence-corrected chi connectivity index (χ0v) is 16.9. The maximum absolute atomic E-state index is 12.3. The number of halogens is 1. The Labute approximate surface area is 174 Å². The second-order valence-corrected chi connectivity index (χ2v) is 7.63. The van der Waals surface area contributed by atoms with E-state index in [9.17, 15) is 4.79 Å². The van der Waals surface area contributed by atoms with Crippen LogP contribution in [0.25, 0.3) is 0 Å². The number of fused-ring (bicyclic) bond motifs is 1. The number of ether oxygens (including phenoxy) is 3. The van der Waals surface area contributed by atoms with Gasteiger partial charge in [0.05, 0.1) is 0 Å². The molecule has 1 atom stereocenters. The van der Waals surface area contributed by atoms with Gasteiger partial charge in [-0.3, -0.25) is 4.79 Å². The van der Waals surface area contributed by atoms with Crippen molar-refractivity contribution in [3.8, 4) is 17.2 Å². The first-order valence-electron chi connectivity index (χ1n) is 8.99. The molecule has 2 aromatic carbocycles. The summed E-state index contributed by atoms with van der Waals surface area (Å²) in [5.41, 5.74) is 1.77. The Bertz CT molecular complexity index is 815. The highest BCUT2D eigenvalue weighted by atomic mass is 35.5. The van der Waals surface area contributed by atoms with E-state index in [4.69, 9.17) is 14.2 Å². The number of carbonyl (C=O) groups is 1. The molecule has 0 saturated carbocycles. The highest BCUT2D eigenvalue weighted by Gasteiger charge is 2.17. The second-order valence-electron chi connectivity index (χ2n) is 6.48. The summed E-state index contributed by atoms with van der Waals surface area (Å²) in [6.07, 6.45) is 0.491. The SMILES string of the molecule is Cl.O=C(CC1CSCCN1)Nc1cccc(COc2ccc3c(c2)OCO3)c1. The first kappa shape index (κ1) is 20.6. The van der Waals surface area contributed by atoms with Gasteiger partial charge in [-0.15, -0.1) is 12.4 Å². The van der Waals surface area contributed by atoms with E-state index in [-0.39, 0.29) is 31.1 Å². The topological polar surface area (TPSA) is 68.8 Å². The number of hydrogen-bond donors (Lipinski definition) is 2. The maximum Gasteiger partial charge on any atom is 0.231 e. The number of rotatable bonds is 6. The summed E-state index contributed by atoms with van der Waals surface area (Å²) >= 11 is 1.89. The van der Waals surface area contributed by atoms with Crippen molar-refractivity contribution >= 4 is 35.8 Å². The van der Waals surface area contributed by atoms with E-state index in [0.717, 1.165) is 40.8 Å². The number of carbonyl (C=O) groups excluding carboxylic acids is 1. The van der Waals surface area contributed by atoms with Crippen molar-refractivity contribution in [3.63, 3.8) is 0 Å². The minimum absolute atomic E-state index is 0. The molecular weight excluding hydrogens is 400 g/mol. The van der Waals surface area contributed by atoms with Crippen molar-refractivity contribution in [1.29, 1.82) is 0 Å². The lowest BCUT2D eigenvalue weighted by Crippen LogP contribution is -2.39. The predicted molar refractivity (Wildman–Crippen MR) is 113 cm³/mol. The van der Waals surface area contributed by atoms with Gasteiger partial charge >= 0.3 is 0 Å². The minimum Gasteiger partial charge on any atom is -0.489 e. The van der Waals surface area contributed by atoms with Crippen LogP contribution in [0.5, 0.6) is 17.2 Å². The van der Waals surface area contributed by atoms with E-state index in [1.807, 2.05) is 54.2 Å². The van der Waals surface area contributed by atoms with E-state index in [2.05, 4.69) is 10.6 Å². The Morgan fingerprint density at radius 2 is 2.11 bits per heavy atom. The summed E-state index contributed by atoms with van der Waals surface area (Å²) in [4.78, 5) is 12.3. The molecule has 1 amide bonds. The average molecular weight is 423 g/mol. The van der Waals surface area contributed by atoms with Gasteiger partial charge in [0.15, 0.2) is 11.5 Å². The lowest BCUT2D eigenvalue weighted by atomic mass is 10.2. The molecule has 28 heavy (non-hydrogen) atoms. The normalized spacial score (nSPS) is 17.5. The van der Waals surface area contributed by atoms with Gasteiger partial charge in [0.25, 0.3) is 0 Å². The number of anilines is 1. The van der Waals surface area contributed by atoms with Crippen molar-refractivity contribution in [3.05, 3.63) is 48.0 Å². The lowest BCUT2D eigenvalue weighted by molar-refractivity contribution is -0.116. The molecule has 6 nitrogen and oxygen atoms in total. The van der Waals surface area contributed by atoms with E-state index in [0.29, 0.717) is 18.8 Å². The van der Waals surface area contributed by atoms with Gasteiger partial charge in [0, 0.05) is 42.3 Å². The Hall–Kier alpha value is -2.09. The smallest absolute Gasteiger partial charge is 0.231 e. The van der Waals surface area contributed by atoms with Gasteiger partial charge in [0.1, 0.15) is 12.4 Å². The van der Waals surface area contributed by atoms with Crippen LogP contribution in [0.4, 0.5) is 5.69 Å². The Balaban J connectivity index is 0.00000225. The van der Waals surface area contributed by atoms with Crippen LogP contribution in [0.2, 0.25) is 0 Å². The van der Waals surface area contributed by atoms with Crippen molar-refractivity contribution in [1.82, 2.24) is 5.32 Å². The summed E-state index contributed by atoms with van der Waals surface area (Å²) in [5, 5.41) is 6.36. The van der Waals surface area contributed by atoms with Crippen LogP contribution < -0.4 is 24.8 Å². The largest absolute Gasteiger partial charge is 0.489 e. The molecule has 150 valence electrons. The molecule has 1 fully saturated rings. The summed E-state index contributed by atoms with van der Waals surface area (Å²) in [7, 11) is 0. The number of nitrogens with one attached hydrogen (secondary N) is 2. The molecular formula is C20H23ClN2O4S. The fourth-order valence-corrected chi connectivity index (χ4v) is 4.01. The third kappa shape index (κ3) is 5.47. The monoisotopic (exact) mass is 422 g/mol. The van der Waals surface area contributed by atoms with Crippen molar-refractivity contribution in [2.45, 2.75) is 19.1 Å². The summed E-state index contributed by atoms with van der Waals surface area (Å²) in [6, 6.07) is 13.5. The lowest BCUT2D eigenvalue weighted by Gasteiger charge is -2.22. The Morgan fingerprint density at radius 3 is 2.96 bits per heavy atom. The van der Waals surface area contributed by atoms with Crippen LogP contribution in [-0.2, 0) is 11.4 Å². The van der Waals surface area contributed by atoms with Crippen molar-refractivity contribution in [2.75, 3.05) is 30.2 Å². The molecule has 0 bridgehead atoms. The molecule has 0 aromatic heterocycles. The molecule has 2 N–H and O–H groups in total. The summed E-state index contributed by atoms with van der Waals surface area (Å²) < 4.78 is 16.5. The Morgan fingerprint density at radius 1 is 1.21 bits per heavy atom. The zero-order valence-electron chi connectivity index (χ0n) is 15.3. The van der Waals surface area contributed by atoms with E-state index in [1.165, 1.54) is 0 Å². The van der Waals surface area contributed by atoms with E-state index >= 15 is 0 Å². The fourth-order valence-electron chi connectivity index (χ4n) is 3.06. The molecule has 2 aliphatic heterocycles. The molecule has 2 aromatic rings. The van der Waals surface area contributed by atoms with Crippen LogP contribution in [0, 0.1) is 0 Å². The minimum atomic E-state index is 0. The quantitative estimate of drug-likeness (QED) is 0.743. The van der Waals surface area contributed by atoms with E-state index < -0.39 is 0 Å². The molecule has 0 radical (unpaired) electrons. The highest BCUT2D eigenvalue weighted by molar-refractivity contribution is 7.99. The molecule has 1 unspecified atom stereocenters. The van der Waals surface area contributed by atoms with Gasteiger partial charge in [-0.05, 0) is 29.8 Å². The van der Waals surface area contributed by atoms with Gasteiger partial charge < -0.3 is 24.8 Å². The van der Waals surface area contributed by atoms with Crippen molar-refractivity contribution < 1.29 is 19.0 Å². The second kappa shape index (κ2) is 9.91. The molecule has 0 aliphatic carbocycles. The third-order valence-electron chi connectivity index (χ3n) is 4.39. The van der Waals surface area contributed by atoms with Crippen LogP contribution in [0.15, 0.2) is 42.5 Å². The van der Waals surface area contributed by atoms with E-state index in [1.54, 1.807) is 0 Å². The average Bonchev–Trinajstić information content (AvgIpc) is 3.15. The predicted octanol–water partition coefficient (Wildman–Crippen LogP) is 3.45. The number of benzene rings is 2. The third-order valence-corrected chi connectivity index (χ3v) is 5.52. The van der Waals surface area contributed by atoms with Crippen LogP contribution in [-0.4, -0.2) is 36.8 Å². The first-order valence-corrected chi connectivity index (χ1v) is 10.1. The summed E-state index contributed by atoms with van der Waals surface area (Å²) in [5.74, 6) is 4.28. The molecule has 2 aliphatic rings. The number of amides is 1.